The van der Waals surface area contributed by atoms with Crippen LogP contribution in [-0.2, 0) is 0 Å². The molecule has 5 rings (SSSR count). The molecular formula is C17H31N3. The summed E-state index contributed by atoms with van der Waals surface area (Å²) >= 11 is 0. The van der Waals surface area contributed by atoms with Crippen molar-refractivity contribution in [2.24, 2.45) is 29.4 Å². The predicted molar refractivity (Wildman–Crippen MR) is 82.5 cm³/mol. The summed E-state index contributed by atoms with van der Waals surface area (Å²) in [6.45, 7) is 6.97. The minimum absolute atomic E-state index is 0.364. The Morgan fingerprint density at radius 3 is 2.10 bits per heavy atom. The van der Waals surface area contributed by atoms with E-state index in [4.69, 9.17) is 5.73 Å². The Morgan fingerprint density at radius 1 is 1.00 bits per heavy atom. The quantitative estimate of drug-likeness (QED) is 0.835. The van der Waals surface area contributed by atoms with Gasteiger partial charge in [0.15, 0.2) is 0 Å². The van der Waals surface area contributed by atoms with Gasteiger partial charge in [-0.05, 0) is 69.7 Å². The molecule has 20 heavy (non-hydrogen) atoms. The maximum absolute atomic E-state index is 6.44. The number of likely N-dealkylation sites (N-methyl/N-ethyl adjacent to an activating group) is 1. The van der Waals surface area contributed by atoms with Crippen LogP contribution >= 0.6 is 0 Å². The second-order valence-corrected chi connectivity index (χ2v) is 8.28. The van der Waals surface area contributed by atoms with Crippen LogP contribution in [0.4, 0.5) is 0 Å². The van der Waals surface area contributed by atoms with Crippen LogP contribution in [0.3, 0.4) is 0 Å². The van der Waals surface area contributed by atoms with Crippen LogP contribution in [0.15, 0.2) is 0 Å². The van der Waals surface area contributed by atoms with Gasteiger partial charge in [-0.15, -0.1) is 0 Å². The Bertz CT molecular complexity index is 352. The number of hydrogen-bond donors (Lipinski definition) is 1. The fourth-order valence-corrected chi connectivity index (χ4v) is 6.41. The van der Waals surface area contributed by atoms with Gasteiger partial charge in [0.05, 0.1) is 0 Å². The number of nitrogens with zero attached hydrogens (tertiary/aromatic N) is 2. The molecule has 1 heterocycles. The van der Waals surface area contributed by atoms with Crippen molar-refractivity contribution in [3.8, 4) is 0 Å². The molecule has 3 heteroatoms. The summed E-state index contributed by atoms with van der Waals surface area (Å²) in [6, 6.07) is 0.685. The molecule has 114 valence electrons. The van der Waals surface area contributed by atoms with Crippen molar-refractivity contribution in [1.82, 2.24) is 9.80 Å². The van der Waals surface area contributed by atoms with Crippen LogP contribution in [0, 0.1) is 23.7 Å². The first-order valence-electron chi connectivity index (χ1n) is 8.78. The third kappa shape index (κ3) is 1.75. The average Bonchev–Trinajstić information content (AvgIpc) is 2.42. The Morgan fingerprint density at radius 2 is 1.60 bits per heavy atom. The van der Waals surface area contributed by atoms with Gasteiger partial charge in [0.1, 0.15) is 0 Å². The van der Waals surface area contributed by atoms with E-state index >= 15 is 0 Å². The first-order valence-corrected chi connectivity index (χ1v) is 8.78. The summed E-state index contributed by atoms with van der Waals surface area (Å²) in [6.07, 6.45) is 7.44. The molecule has 2 N–H and O–H groups in total. The smallest absolute Gasteiger partial charge is 0.0389 e. The number of hydrogen-bond acceptors (Lipinski definition) is 3. The Labute approximate surface area is 123 Å². The second kappa shape index (κ2) is 4.69. The minimum Gasteiger partial charge on any atom is -0.329 e. The molecule has 1 atom stereocenters. The normalized spacial score (nSPS) is 52.6. The highest BCUT2D eigenvalue weighted by atomic mass is 15.3. The first-order chi connectivity index (χ1) is 9.63. The zero-order chi connectivity index (χ0) is 13.9. The molecule has 3 nitrogen and oxygen atoms in total. The predicted octanol–water partition coefficient (Wildman–Crippen LogP) is 1.78. The van der Waals surface area contributed by atoms with E-state index in [0.29, 0.717) is 11.6 Å². The Hall–Kier alpha value is -0.120. The first kappa shape index (κ1) is 13.5. The summed E-state index contributed by atoms with van der Waals surface area (Å²) in [5.41, 5.74) is 6.81. The highest BCUT2D eigenvalue weighted by Crippen LogP contribution is 2.60. The van der Waals surface area contributed by atoms with Crippen molar-refractivity contribution < 1.29 is 0 Å². The van der Waals surface area contributed by atoms with Gasteiger partial charge in [0, 0.05) is 37.8 Å². The summed E-state index contributed by atoms with van der Waals surface area (Å²) in [5.74, 6) is 3.89. The van der Waals surface area contributed by atoms with Gasteiger partial charge in [-0.1, -0.05) is 0 Å². The van der Waals surface area contributed by atoms with E-state index in [1.54, 1.807) is 0 Å². The minimum atomic E-state index is 0.364. The molecule has 4 bridgehead atoms. The van der Waals surface area contributed by atoms with Gasteiger partial charge >= 0.3 is 0 Å². The van der Waals surface area contributed by atoms with E-state index in [1.807, 2.05) is 0 Å². The van der Waals surface area contributed by atoms with Crippen molar-refractivity contribution in [2.75, 3.05) is 33.2 Å². The molecule has 4 aliphatic carbocycles. The van der Waals surface area contributed by atoms with E-state index in [9.17, 15) is 0 Å². The summed E-state index contributed by atoms with van der Waals surface area (Å²) in [7, 11) is 2.27. The molecule has 1 aliphatic heterocycles. The molecule has 5 aliphatic rings. The van der Waals surface area contributed by atoms with E-state index in [2.05, 4.69) is 23.8 Å². The van der Waals surface area contributed by atoms with Gasteiger partial charge in [-0.2, -0.15) is 0 Å². The van der Waals surface area contributed by atoms with Crippen LogP contribution in [-0.4, -0.2) is 54.6 Å². The lowest BCUT2D eigenvalue weighted by Gasteiger charge is -2.65. The molecule has 0 aromatic heterocycles. The summed E-state index contributed by atoms with van der Waals surface area (Å²) < 4.78 is 0. The number of nitrogens with two attached hydrogens (primary N) is 1. The topological polar surface area (TPSA) is 32.5 Å². The van der Waals surface area contributed by atoms with Gasteiger partial charge in [-0.3, -0.25) is 4.90 Å². The van der Waals surface area contributed by atoms with E-state index in [0.717, 1.165) is 30.2 Å². The standard InChI is InChI=1S/C17H31N3/c1-12-10-20(4-3-19(12)2)17(11-18)15-6-13-5-14(8-15)9-16(17)7-13/h12-16H,3-11,18H2,1-2H3. The molecule has 0 amide bonds. The average molecular weight is 277 g/mol. The second-order valence-electron chi connectivity index (χ2n) is 8.28. The third-order valence-electron chi connectivity index (χ3n) is 7.43. The molecule has 0 aromatic carbocycles. The summed E-state index contributed by atoms with van der Waals surface area (Å²) in [5, 5.41) is 0. The molecule has 4 saturated carbocycles. The SMILES string of the molecule is CC1CN(C2(CN)C3CC4CC(C3)CC2C4)CCN1C. The van der Waals surface area contributed by atoms with Gasteiger partial charge in [-0.25, -0.2) is 0 Å². The van der Waals surface area contributed by atoms with Crippen molar-refractivity contribution in [1.29, 1.82) is 0 Å². The van der Waals surface area contributed by atoms with Gasteiger partial charge in [0.25, 0.3) is 0 Å². The fourth-order valence-electron chi connectivity index (χ4n) is 6.41. The zero-order valence-corrected chi connectivity index (χ0v) is 13.2. The van der Waals surface area contributed by atoms with Crippen LogP contribution in [0.2, 0.25) is 0 Å². The molecule has 0 spiro atoms. The zero-order valence-electron chi connectivity index (χ0n) is 13.2. The Balaban J connectivity index is 1.63. The highest BCUT2D eigenvalue weighted by Gasteiger charge is 2.59. The van der Waals surface area contributed by atoms with Crippen molar-refractivity contribution in [2.45, 2.75) is 50.6 Å². The number of piperazine rings is 1. The van der Waals surface area contributed by atoms with Crippen molar-refractivity contribution in [3.63, 3.8) is 0 Å². The molecule has 0 aromatic rings. The van der Waals surface area contributed by atoms with Gasteiger partial charge < -0.3 is 10.6 Å². The molecule has 1 saturated heterocycles. The van der Waals surface area contributed by atoms with E-state index in [-0.39, 0.29) is 0 Å². The lowest BCUT2D eigenvalue weighted by atomic mass is 9.48. The van der Waals surface area contributed by atoms with Crippen LogP contribution in [0.5, 0.6) is 0 Å². The monoisotopic (exact) mass is 277 g/mol. The van der Waals surface area contributed by atoms with Crippen molar-refractivity contribution in [3.05, 3.63) is 0 Å². The van der Waals surface area contributed by atoms with E-state index in [1.165, 1.54) is 51.7 Å². The van der Waals surface area contributed by atoms with Crippen molar-refractivity contribution >= 4 is 0 Å². The molecule has 0 radical (unpaired) electrons. The lowest BCUT2D eigenvalue weighted by molar-refractivity contribution is -0.144. The Kier molecular flexibility index (Phi) is 3.17. The lowest BCUT2D eigenvalue weighted by Crippen LogP contribution is -2.72. The fraction of sp³-hybridized carbons (Fsp3) is 1.00. The third-order valence-corrected chi connectivity index (χ3v) is 7.43. The summed E-state index contributed by atoms with van der Waals surface area (Å²) in [4.78, 5) is 5.35. The molecule has 1 unspecified atom stereocenters. The molecule has 5 fully saturated rings. The van der Waals surface area contributed by atoms with Gasteiger partial charge in [0.2, 0.25) is 0 Å². The van der Waals surface area contributed by atoms with Crippen LogP contribution in [0.25, 0.3) is 0 Å². The maximum atomic E-state index is 6.44. The van der Waals surface area contributed by atoms with E-state index < -0.39 is 0 Å². The van der Waals surface area contributed by atoms with Crippen LogP contribution < -0.4 is 5.73 Å². The highest BCUT2D eigenvalue weighted by molar-refractivity contribution is 5.13. The van der Waals surface area contributed by atoms with Crippen LogP contribution in [0.1, 0.15) is 39.0 Å². The molecular weight excluding hydrogens is 246 g/mol. The largest absolute Gasteiger partial charge is 0.329 e. The number of rotatable bonds is 2. The maximum Gasteiger partial charge on any atom is 0.0389 e.